The number of halogens is 2. The lowest BCUT2D eigenvalue weighted by molar-refractivity contribution is 0.400. The van der Waals surface area contributed by atoms with Gasteiger partial charge in [-0.3, -0.25) is 4.72 Å². The van der Waals surface area contributed by atoms with Gasteiger partial charge in [-0.15, -0.1) is 0 Å². The number of benzene rings is 2. The summed E-state index contributed by atoms with van der Waals surface area (Å²) in [5.41, 5.74) is 2.03. The maximum atomic E-state index is 14.2. The largest absolute Gasteiger partial charge is 0.480 e. The summed E-state index contributed by atoms with van der Waals surface area (Å²) in [6.07, 6.45) is 3.95. The zero-order valence-corrected chi connectivity index (χ0v) is 21.3. The van der Waals surface area contributed by atoms with E-state index < -0.39 is 26.6 Å². The normalized spacial score (nSPS) is 11.6. The molecule has 12 heteroatoms. The first kappa shape index (κ1) is 26.2. The zero-order valence-electron chi connectivity index (χ0n) is 20.5. The number of sulfonamides is 1. The van der Waals surface area contributed by atoms with Crippen LogP contribution in [-0.4, -0.2) is 62.6 Å². The molecule has 0 spiro atoms. The van der Waals surface area contributed by atoms with Crippen molar-refractivity contribution in [3.63, 3.8) is 0 Å². The SMILES string of the molecule is COc1ncc(-c2ccc3ncnc(NCCCN(C)C)c3c2)cc1NS(=O)(=O)c1ccc(F)cc1F. The fraction of sp³-hybridized carbons (Fsp3) is 0.240. The molecule has 2 aromatic heterocycles. The van der Waals surface area contributed by atoms with E-state index in [1.807, 2.05) is 32.3 Å². The third-order valence-corrected chi connectivity index (χ3v) is 6.91. The molecule has 2 N–H and O–H groups in total. The Morgan fingerprint density at radius 3 is 2.54 bits per heavy atom. The van der Waals surface area contributed by atoms with Gasteiger partial charge in [-0.2, -0.15) is 0 Å². The highest BCUT2D eigenvalue weighted by atomic mass is 32.2. The molecule has 9 nitrogen and oxygen atoms in total. The molecule has 0 radical (unpaired) electrons. The number of aromatic nitrogens is 3. The molecule has 0 aliphatic carbocycles. The molecule has 0 unspecified atom stereocenters. The maximum absolute atomic E-state index is 14.2. The summed E-state index contributed by atoms with van der Waals surface area (Å²) >= 11 is 0. The molecule has 2 aromatic carbocycles. The second-order valence-corrected chi connectivity index (χ2v) is 10.1. The number of hydrogen-bond acceptors (Lipinski definition) is 8. The minimum absolute atomic E-state index is 0.00447. The summed E-state index contributed by atoms with van der Waals surface area (Å²) in [7, 11) is 0.963. The number of ether oxygens (including phenoxy) is 1. The molecule has 0 bridgehead atoms. The molecule has 0 aliphatic heterocycles. The van der Waals surface area contributed by atoms with E-state index in [2.05, 4.69) is 29.9 Å². The average Bonchev–Trinajstić information content (AvgIpc) is 2.85. The van der Waals surface area contributed by atoms with Crippen molar-refractivity contribution in [1.29, 1.82) is 0 Å². The van der Waals surface area contributed by atoms with Crippen LogP contribution in [0.1, 0.15) is 6.42 Å². The summed E-state index contributed by atoms with van der Waals surface area (Å²) in [5, 5.41) is 4.13. The third kappa shape index (κ3) is 6.09. The zero-order chi connectivity index (χ0) is 26.6. The number of hydrogen-bond donors (Lipinski definition) is 2. The first-order valence-electron chi connectivity index (χ1n) is 11.3. The number of pyridine rings is 1. The van der Waals surface area contributed by atoms with E-state index in [0.29, 0.717) is 17.4 Å². The van der Waals surface area contributed by atoms with Gasteiger partial charge in [0.2, 0.25) is 5.88 Å². The number of nitrogens with zero attached hydrogens (tertiary/aromatic N) is 4. The third-order valence-electron chi connectivity index (χ3n) is 5.52. The molecular formula is C25H26F2N6O3S. The van der Waals surface area contributed by atoms with Crippen molar-refractivity contribution in [2.75, 3.05) is 44.3 Å². The van der Waals surface area contributed by atoms with Crippen molar-refractivity contribution in [3.05, 3.63) is 66.6 Å². The van der Waals surface area contributed by atoms with Crippen LogP contribution in [0.5, 0.6) is 5.88 Å². The number of nitrogens with one attached hydrogen (secondary N) is 2. The molecule has 0 atom stereocenters. The van der Waals surface area contributed by atoms with E-state index in [0.717, 1.165) is 48.1 Å². The van der Waals surface area contributed by atoms with Crippen molar-refractivity contribution >= 4 is 32.4 Å². The predicted octanol–water partition coefficient (Wildman–Crippen LogP) is 4.14. The molecule has 4 aromatic rings. The second-order valence-electron chi connectivity index (χ2n) is 8.50. The Hall–Kier alpha value is -3.90. The van der Waals surface area contributed by atoms with Crippen molar-refractivity contribution in [2.24, 2.45) is 0 Å². The number of rotatable bonds is 10. The highest BCUT2D eigenvalue weighted by Gasteiger charge is 2.22. The first-order chi connectivity index (χ1) is 17.7. The van der Waals surface area contributed by atoms with Crippen LogP contribution in [0.4, 0.5) is 20.3 Å². The number of fused-ring (bicyclic) bond motifs is 1. The lowest BCUT2D eigenvalue weighted by atomic mass is 10.0. The Balaban J connectivity index is 1.67. The van der Waals surface area contributed by atoms with E-state index in [-0.39, 0.29) is 11.6 Å². The monoisotopic (exact) mass is 528 g/mol. The fourth-order valence-electron chi connectivity index (χ4n) is 3.72. The quantitative estimate of drug-likeness (QED) is 0.296. The second kappa shape index (κ2) is 11.0. The molecular weight excluding hydrogens is 502 g/mol. The smallest absolute Gasteiger partial charge is 0.264 e. The number of methoxy groups -OCH3 is 1. The van der Waals surface area contributed by atoms with Gasteiger partial charge in [0.05, 0.1) is 12.6 Å². The van der Waals surface area contributed by atoms with Crippen molar-refractivity contribution < 1.29 is 21.9 Å². The van der Waals surface area contributed by atoms with Gasteiger partial charge in [0.15, 0.2) is 0 Å². The van der Waals surface area contributed by atoms with Crippen LogP contribution in [0.15, 0.2) is 59.9 Å². The highest BCUT2D eigenvalue weighted by molar-refractivity contribution is 7.92. The Bertz CT molecular complexity index is 1530. The molecule has 0 aliphatic rings. The van der Waals surface area contributed by atoms with Gasteiger partial charge in [-0.25, -0.2) is 32.2 Å². The lowest BCUT2D eigenvalue weighted by Gasteiger charge is -2.14. The minimum atomic E-state index is -4.40. The van der Waals surface area contributed by atoms with Crippen LogP contribution >= 0.6 is 0 Å². The van der Waals surface area contributed by atoms with E-state index >= 15 is 0 Å². The van der Waals surface area contributed by atoms with Gasteiger partial charge >= 0.3 is 0 Å². The van der Waals surface area contributed by atoms with Gasteiger partial charge < -0.3 is 15.0 Å². The van der Waals surface area contributed by atoms with E-state index in [9.17, 15) is 17.2 Å². The van der Waals surface area contributed by atoms with Crippen molar-refractivity contribution in [3.8, 4) is 17.0 Å². The Labute approximate surface area is 213 Å². The summed E-state index contributed by atoms with van der Waals surface area (Å²) in [5.74, 6) is -1.43. The van der Waals surface area contributed by atoms with Gasteiger partial charge in [0, 0.05) is 29.8 Å². The summed E-state index contributed by atoms with van der Waals surface area (Å²) in [4.78, 5) is 14.3. The molecule has 4 rings (SSSR count). The lowest BCUT2D eigenvalue weighted by Crippen LogP contribution is -2.16. The average molecular weight is 529 g/mol. The summed E-state index contributed by atoms with van der Waals surface area (Å²) < 4.78 is 60.7. The predicted molar refractivity (Wildman–Crippen MR) is 138 cm³/mol. The van der Waals surface area contributed by atoms with Crippen LogP contribution in [0.25, 0.3) is 22.0 Å². The van der Waals surface area contributed by atoms with Gasteiger partial charge in [0.25, 0.3) is 10.0 Å². The van der Waals surface area contributed by atoms with Crippen LogP contribution < -0.4 is 14.8 Å². The van der Waals surface area contributed by atoms with Gasteiger partial charge in [-0.05, 0) is 63.0 Å². The summed E-state index contributed by atoms with van der Waals surface area (Å²) in [6, 6.07) is 9.29. The van der Waals surface area contributed by atoms with Gasteiger partial charge in [0.1, 0.15) is 34.4 Å². The molecule has 0 fully saturated rings. The highest BCUT2D eigenvalue weighted by Crippen LogP contribution is 2.32. The van der Waals surface area contributed by atoms with E-state index in [4.69, 9.17) is 4.74 Å². The molecule has 194 valence electrons. The van der Waals surface area contributed by atoms with Gasteiger partial charge in [-0.1, -0.05) is 6.07 Å². The summed E-state index contributed by atoms with van der Waals surface area (Å²) in [6.45, 7) is 1.66. The standard InChI is InChI=1S/C25H26F2N6O3S/c1-33(2)10-4-9-28-24-19-11-16(5-7-21(19)30-15-31-24)17-12-22(25(36-3)29-14-17)32-37(34,35)23-8-6-18(26)13-20(23)27/h5-8,11-15,32H,4,9-10H2,1-3H3,(H,28,30,31). The van der Waals surface area contributed by atoms with E-state index in [1.165, 1.54) is 25.7 Å². The van der Waals surface area contributed by atoms with E-state index in [1.54, 1.807) is 0 Å². The topological polar surface area (TPSA) is 109 Å². The molecule has 0 saturated carbocycles. The Morgan fingerprint density at radius 1 is 1.00 bits per heavy atom. The first-order valence-corrected chi connectivity index (χ1v) is 12.8. The van der Waals surface area contributed by atoms with Crippen LogP contribution in [0.3, 0.4) is 0 Å². The molecule has 37 heavy (non-hydrogen) atoms. The number of anilines is 2. The van der Waals surface area contributed by atoms with Crippen molar-refractivity contribution in [2.45, 2.75) is 11.3 Å². The minimum Gasteiger partial charge on any atom is -0.480 e. The van der Waals surface area contributed by atoms with Crippen LogP contribution in [0.2, 0.25) is 0 Å². The van der Waals surface area contributed by atoms with Crippen LogP contribution in [0, 0.1) is 11.6 Å². The van der Waals surface area contributed by atoms with Crippen LogP contribution in [-0.2, 0) is 10.0 Å². The molecule has 2 heterocycles. The fourth-order valence-corrected chi connectivity index (χ4v) is 4.83. The maximum Gasteiger partial charge on any atom is 0.264 e. The molecule has 0 saturated heterocycles. The molecule has 0 amide bonds. The Kier molecular flexibility index (Phi) is 7.79. The van der Waals surface area contributed by atoms with Crippen molar-refractivity contribution in [1.82, 2.24) is 19.9 Å². The Morgan fingerprint density at radius 2 is 1.81 bits per heavy atom.